The molecule has 0 bridgehead atoms. The molecule has 1 fully saturated rings. The molecule has 0 heterocycles. The first-order valence-electron chi connectivity index (χ1n) is 6.19. The van der Waals surface area contributed by atoms with Crippen molar-refractivity contribution in [1.29, 1.82) is 0 Å². The molecule has 1 atom stereocenters. The van der Waals surface area contributed by atoms with E-state index < -0.39 is 0 Å². The molecule has 1 aliphatic carbocycles. The molecule has 1 unspecified atom stereocenters. The second-order valence-corrected chi connectivity index (χ2v) is 4.50. The van der Waals surface area contributed by atoms with Gasteiger partial charge >= 0.3 is 0 Å². The molecule has 1 aliphatic rings. The number of hydrogen-bond acceptors (Lipinski definition) is 3. The van der Waals surface area contributed by atoms with Gasteiger partial charge in [0, 0.05) is 12.6 Å². The molecule has 15 heavy (non-hydrogen) atoms. The maximum absolute atomic E-state index is 5.73. The van der Waals surface area contributed by atoms with E-state index in [1.165, 1.54) is 12.8 Å². The molecule has 3 nitrogen and oxygen atoms in total. The summed E-state index contributed by atoms with van der Waals surface area (Å²) in [6.07, 6.45) is 4.40. The van der Waals surface area contributed by atoms with Crippen molar-refractivity contribution in [2.24, 2.45) is 0 Å². The van der Waals surface area contributed by atoms with Crippen LogP contribution in [-0.2, 0) is 9.47 Å². The van der Waals surface area contributed by atoms with E-state index >= 15 is 0 Å². The molecular weight excluding hydrogens is 190 g/mol. The van der Waals surface area contributed by atoms with E-state index in [2.05, 4.69) is 12.2 Å². The fourth-order valence-electron chi connectivity index (χ4n) is 1.41. The summed E-state index contributed by atoms with van der Waals surface area (Å²) in [6.45, 7) is 8.67. The van der Waals surface area contributed by atoms with Crippen LogP contribution in [0, 0.1) is 0 Å². The largest absolute Gasteiger partial charge is 0.376 e. The third kappa shape index (κ3) is 6.88. The minimum Gasteiger partial charge on any atom is -0.376 e. The molecule has 0 saturated heterocycles. The van der Waals surface area contributed by atoms with Gasteiger partial charge in [-0.05, 0) is 33.1 Å². The smallest absolute Gasteiger partial charge is 0.0705 e. The topological polar surface area (TPSA) is 30.5 Å². The van der Waals surface area contributed by atoms with E-state index in [4.69, 9.17) is 9.47 Å². The standard InChI is InChI=1S/C12H25NO2/c1-4-12(9-13-11-5-6-11)15-8-7-14-10(2)3/h10-13H,4-9H2,1-3H3. The summed E-state index contributed by atoms with van der Waals surface area (Å²) >= 11 is 0. The summed E-state index contributed by atoms with van der Waals surface area (Å²) in [6, 6.07) is 0.773. The fourth-order valence-corrected chi connectivity index (χ4v) is 1.41. The Labute approximate surface area is 93.5 Å². The summed E-state index contributed by atoms with van der Waals surface area (Å²) in [7, 11) is 0. The lowest BCUT2D eigenvalue weighted by atomic mass is 10.3. The van der Waals surface area contributed by atoms with Crippen LogP contribution in [0.3, 0.4) is 0 Å². The number of nitrogens with one attached hydrogen (secondary N) is 1. The predicted octanol–water partition coefficient (Wildman–Crippen LogP) is 1.96. The SMILES string of the molecule is CCC(CNC1CC1)OCCOC(C)C. The molecule has 0 radical (unpaired) electrons. The molecular formula is C12H25NO2. The average molecular weight is 215 g/mol. The van der Waals surface area contributed by atoms with Crippen molar-refractivity contribution in [3.63, 3.8) is 0 Å². The van der Waals surface area contributed by atoms with Crippen LogP contribution >= 0.6 is 0 Å². The molecule has 1 N–H and O–H groups in total. The predicted molar refractivity (Wildman–Crippen MR) is 62.1 cm³/mol. The maximum atomic E-state index is 5.73. The van der Waals surface area contributed by atoms with Crippen molar-refractivity contribution in [3.8, 4) is 0 Å². The molecule has 0 aromatic heterocycles. The van der Waals surface area contributed by atoms with Gasteiger partial charge in [-0.3, -0.25) is 0 Å². The van der Waals surface area contributed by atoms with Crippen LogP contribution in [0.2, 0.25) is 0 Å². The van der Waals surface area contributed by atoms with Gasteiger partial charge in [0.1, 0.15) is 0 Å². The zero-order valence-corrected chi connectivity index (χ0v) is 10.3. The van der Waals surface area contributed by atoms with E-state index in [9.17, 15) is 0 Å². The second kappa shape index (κ2) is 7.20. The van der Waals surface area contributed by atoms with E-state index in [1.807, 2.05) is 13.8 Å². The molecule has 1 saturated carbocycles. The van der Waals surface area contributed by atoms with Crippen LogP contribution in [-0.4, -0.2) is 38.0 Å². The van der Waals surface area contributed by atoms with E-state index in [-0.39, 0.29) is 0 Å². The van der Waals surface area contributed by atoms with Crippen molar-refractivity contribution >= 4 is 0 Å². The van der Waals surface area contributed by atoms with Crippen LogP contribution in [0.25, 0.3) is 0 Å². The fraction of sp³-hybridized carbons (Fsp3) is 1.00. The van der Waals surface area contributed by atoms with E-state index in [0.717, 1.165) is 19.0 Å². The van der Waals surface area contributed by atoms with E-state index in [1.54, 1.807) is 0 Å². The Bertz CT molecular complexity index is 158. The van der Waals surface area contributed by atoms with Crippen molar-refractivity contribution < 1.29 is 9.47 Å². The molecule has 3 heteroatoms. The van der Waals surface area contributed by atoms with Gasteiger partial charge in [0.2, 0.25) is 0 Å². The van der Waals surface area contributed by atoms with Crippen molar-refractivity contribution in [3.05, 3.63) is 0 Å². The van der Waals surface area contributed by atoms with Crippen molar-refractivity contribution in [2.45, 2.75) is 58.3 Å². The number of ether oxygens (including phenoxy) is 2. The summed E-state index contributed by atoms with van der Waals surface area (Å²) in [5.74, 6) is 0. The first kappa shape index (κ1) is 12.9. The first-order chi connectivity index (χ1) is 7.22. The van der Waals surface area contributed by atoms with Crippen LogP contribution < -0.4 is 5.32 Å². The van der Waals surface area contributed by atoms with E-state index in [0.29, 0.717) is 25.4 Å². The lowest BCUT2D eigenvalue weighted by Crippen LogP contribution is -2.31. The maximum Gasteiger partial charge on any atom is 0.0705 e. The summed E-state index contributed by atoms with van der Waals surface area (Å²) in [5, 5.41) is 3.49. The first-order valence-corrected chi connectivity index (χ1v) is 6.19. The molecule has 0 aliphatic heterocycles. The Morgan fingerprint density at radius 3 is 2.40 bits per heavy atom. The van der Waals surface area contributed by atoms with Crippen LogP contribution in [0.4, 0.5) is 0 Å². The highest BCUT2D eigenvalue weighted by molar-refractivity contribution is 4.81. The van der Waals surface area contributed by atoms with Gasteiger partial charge in [-0.25, -0.2) is 0 Å². The van der Waals surface area contributed by atoms with Gasteiger partial charge in [-0.15, -0.1) is 0 Å². The van der Waals surface area contributed by atoms with Gasteiger partial charge in [-0.1, -0.05) is 6.92 Å². The monoisotopic (exact) mass is 215 g/mol. The zero-order valence-electron chi connectivity index (χ0n) is 10.3. The zero-order chi connectivity index (χ0) is 11.1. The van der Waals surface area contributed by atoms with Crippen LogP contribution in [0.15, 0.2) is 0 Å². The molecule has 90 valence electrons. The minimum atomic E-state index is 0.304. The van der Waals surface area contributed by atoms with Crippen molar-refractivity contribution in [2.75, 3.05) is 19.8 Å². The Morgan fingerprint density at radius 2 is 1.87 bits per heavy atom. The molecule has 0 aromatic carbocycles. The minimum absolute atomic E-state index is 0.304. The highest BCUT2D eigenvalue weighted by atomic mass is 16.5. The third-order valence-electron chi connectivity index (χ3n) is 2.55. The van der Waals surface area contributed by atoms with Gasteiger partial charge in [0.15, 0.2) is 0 Å². The highest BCUT2D eigenvalue weighted by Crippen LogP contribution is 2.18. The highest BCUT2D eigenvalue weighted by Gasteiger charge is 2.21. The molecule has 0 amide bonds. The third-order valence-corrected chi connectivity index (χ3v) is 2.55. The Morgan fingerprint density at radius 1 is 1.20 bits per heavy atom. The number of hydrogen-bond donors (Lipinski definition) is 1. The number of rotatable bonds is 9. The van der Waals surface area contributed by atoms with Gasteiger partial charge < -0.3 is 14.8 Å². The molecule has 0 aromatic rings. The van der Waals surface area contributed by atoms with Crippen molar-refractivity contribution in [1.82, 2.24) is 5.32 Å². The van der Waals surface area contributed by atoms with Gasteiger partial charge in [0.25, 0.3) is 0 Å². The lowest BCUT2D eigenvalue weighted by molar-refractivity contribution is -0.0131. The van der Waals surface area contributed by atoms with Crippen LogP contribution in [0.5, 0.6) is 0 Å². The normalized spacial score (nSPS) is 18.4. The summed E-state index contributed by atoms with van der Waals surface area (Å²) < 4.78 is 11.2. The quantitative estimate of drug-likeness (QED) is 0.596. The van der Waals surface area contributed by atoms with Gasteiger partial charge in [0.05, 0.1) is 25.4 Å². The average Bonchev–Trinajstić information content (AvgIpc) is 3.00. The van der Waals surface area contributed by atoms with Gasteiger partial charge in [-0.2, -0.15) is 0 Å². The summed E-state index contributed by atoms with van der Waals surface area (Å²) in [5.41, 5.74) is 0. The Hall–Kier alpha value is -0.120. The lowest BCUT2D eigenvalue weighted by Gasteiger charge is -2.17. The Kier molecular flexibility index (Phi) is 6.22. The molecule has 0 spiro atoms. The van der Waals surface area contributed by atoms with Crippen LogP contribution in [0.1, 0.15) is 40.0 Å². The molecule has 1 rings (SSSR count). The Balaban J connectivity index is 1.94. The second-order valence-electron chi connectivity index (χ2n) is 4.50. The summed E-state index contributed by atoms with van der Waals surface area (Å²) in [4.78, 5) is 0.